The summed E-state index contributed by atoms with van der Waals surface area (Å²) in [6.07, 6.45) is 27.8. The van der Waals surface area contributed by atoms with Gasteiger partial charge in [0.25, 0.3) is 0 Å². The highest BCUT2D eigenvalue weighted by atomic mass is 32.1. The molecule has 75 heavy (non-hydrogen) atoms. The highest BCUT2D eigenvalue weighted by Crippen LogP contribution is 2.67. The number of fused-ring (bicyclic) bond motifs is 10. The van der Waals surface area contributed by atoms with E-state index in [0.29, 0.717) is 0 Å². The Balaban J connectivity index is 1.17. The predicted molar refractivity (Wildman–Crippen MR) is 333 cm³/mol. The molecule has 4 heterocycles. The van der Waals surface area contributed by atoms with Crippen LogP contribution in [0.15, 0.2) is 126 Å². The smallest absolute Gasteiger partial charge is 0.0736 e. The summed E-state index contributed by atoms with van der Waals surface area (Å²) in [4.78, 5) is 5.95. The fourth-order valence-corrected chi connectivity index (χ4v) is 18.8. The first-order chi connectivity index (χ1) is 37.0. The Morgan fingerprint density at radius 1 is 0.347 bits per heavy atom. The molecule has 388 valence electrons. The van der Waals surface area contributed by atoms with Crippen molar-refractivity contribution < 1.29 is 0 Å². The van der Waals surface area contributed by atoms with Gasteiger partial charge in [-0.05, 0) is 154 Å². The summed E-state index contributed by atoms with van der Waals surface area (Å²) in [5, 5.41) is 7.87. The SMILES string of the molecule is CCCCCCCCc1c2sc3c(c2c(C)c2sc4c(c12)C(c1ccc(CCCCCC)cc1)(c1ccc(CCCCCC)cc1)c1ccsc1-4)C(c1ccccc1)(c1ccc(CCCCCC)cc1)c1ccsc1-3. The molecule has 0 nitrogen and oxygen atoms in total. The van der Waals surface area contributed by atoms with Crippen LogP contribution in [0.1, 0.15) is 216 Å². The number of benzene rings is 5. The first-order valence-electron chi connectivity index (χ1n) is 29.6. The van der Waals surface area contributed by atoms with Gasteiger partial charge >= 0.3 is 0 Å². The van der Waals surface area contributed by atoms with Crippen LogP contribution in [0.5, 0.6) is 0 Å². The molecule has 0 N–H and O–H groups in total. The van der Waals surface area contributed by atoms with Crippen LogP contribution in [0.4, 0.5) is 0 Å². The van der Waals surface area contributed by atoms with Crippen molar-refractivity contribution >= 4 is 65.5 Å². The van der Waals surface area contributed by atoms with E-state index in [-0.39, 0.29) is 0 Å². The minimum absolute atomic E-state index is 0.415. The van der Waals surface area contributed by atoms with Crippen LogP contribution in [0.3, 0.4) is 0 Å². The largest absolute Gasteiger partial charge is 0.143 e. The average Bonchev–Trinajstić information content (AvgIpc) is 4.51. The molecule has 1 atom stereocenters. The molecule has 0 amide bonds. The van der Waals surface area contributed by atoms with Crippen LogP contribution < -0.4 is 0 Å². The third kappa shape index (κ3) is 9.38. The van der Waals surface area contributed by atoms with Crippen molar-refractivity contribution in [1.82, 2.24) is 0 Å². The van der Waals surface area contributed by atoms with Crippen LogP contribution in [-0.4, -0.2) is 0 Å². The van der Waals surface area contributed by atoms with Crippen molar-refractivity contribution in [3.8, 4) is 19.5 Å². The molecule has 9 aromatic rings. The molecule has 1 unspecified atom stereocenters. The molecule has 0 fully saturated rings. The van der Waals surface area contributed by atoms with Crippen LogP contribution in [-0.2, 0) is 36.5 Å². The van der Waals surface area contributed by atoms with Gasteiger partial charge in [-0.25, -0.2) is 0 Å². The van der Waals surface area contributed by atoms with Crippen molar-refractivity contribution in [3.05, 3.63) is 198 Å². The molecular weight excluding hydrogens is 981 g/mol. The van der Waals surface area contributed by atoms with Crippen LogP contribution in [0.2, 0.25) is 0 Å². The minimum Gasteiger partial charge on any atom is -0.143 e. The zero-order valence-corrected chi connectivity index (χ0v) is 49.1. The normalized spacial score (nSPS) is 15.3. The Hall–Kier alpha value is -4.58. The van der Waals surface area contributed by atoms with Gasteiger partial charge in [-0.1, -0.05) is 221 Å². The average molecular weight is 1060 g/mol. The summed E-state index contributed by atoms with van der Waals surface area (Å²) in [6.45, 7) is 11.8. The highest BCUT2D eigenvalue weighted by Gasteiger charge is 2.53. The lowest BCUT2D eigenvalue weighted by atomic mass is 9.66. The Morgan fingerprint density at radius 3 is 1.17 bits per heavy atom. The summed E-state index contributed by atoms with van der Waals surface area (Å²) >= 11 is 8.21. The van der Waals surface area contributed by atoms with Crippen molar-refractivity contribution in [1.29, 1.82) is 0 Å². The van der Waals surface area contributed by atoms with E-state index in [1.54, 1.807) is 21.2 Å². The molecule has 0 bridgehead atoms. The van der Waals surface area contributed by atoms with Gasteiger partial charge in [-0.15, -0.1) is 45.3 Å². The lowest BCUT2D eigenvalue weighted by molar-refractivity contribution is 0.609. The summed E-state index contributed by atoms with van der Waals surface area (Å²) < 4.78 is 3.05. The number of unbranched alkanes of at least 4 members (excludes halogenated alkanes) is 14. The second kappa shape index (κ2) is 23.6. The summed E-state index contributed by atoms with van der Waals surface area (Å²) in [6, 6.07) is 46.8. The van der Waals surface area contributed by atoms with Crippen molar-refractivity contribution in [3.63, 3.8) is 0 Å². The van der Waals surface area contributed by atoms with Gasteiger partial charge in [0, 0.05) is 29.9 Å². The number of hydrogen-bond acceptors (Lipinski definition) is 4. The standard InChI is InChI=1S/C71H80S4/c1-6-10-14-18-19-26-32-57-61-63-69(67-59(46-48-73-67)71(63,55-41-35-51(36-42-55)28-22-16-12-8-3)56-43-37-52(38-44-56)29-23-17-13-9-4)74-64(61)49(5)60-62-68(75-65(57)60)66-58(45-47-72-66)70(62,53-30-24-20-25-31-53)54-39-33-50(34-40-54)27-21-15-11-7-2/h20,24-25,30-31,33-48H,6-19,21-23,26-29,32H2,1-5H3. The van der Waals surface area contributed by atoms with Gasteiger partial charge in [0.15, 0.2) is 0 Å². The molecular formula is C71H80S4. The van der Waals surface area contributed by atoms with Gasteiger partial charge in [0.1, 0.15) is 0 Å². The second-order valence-corrected chi connectivity index (χ2v) is 26.2. The van der Waals surface area contributed by atoms with Crippen LogP contribution in [0.25, 0.3) is 39.7 Å². The van der Waals surface area contributed by atoms with E-state index >= 15 is 0 Å². The Bertz CT molecular complexity index is 3260. The van der Waals surface area contributed by atoms with E-state index in [4.69, 9.17) is 0 Å². The lowest BCUT2D eigenvalue weighted by Crippen LogP contribution is -2.29. The van der Waals surface area contributed by atoms with Crippen LogP contribution in [0, 0.1) is 6.92 Å². The van der Waals surface area contributed by atoms with Gasteiger partial charge in [0.05, 0.1) is 20.6 Å². The van der Waals surface area contributed by atoms with E-state index in [9.17, 15) is 0 Å². The first kappa shape index (κ1) is 52.5. The summed E-state index contributed by atoms with van der Waals surface area (Å²) in [7, 11) is 0. The molecule has 4 aromatic heterocycles. The Kier molecular flexibility index (Phi) is 16.5. The lowest BCUT2D eigenvalue weighted by Gasteiger charge is -2.34. The molecule has 0 saturated carbocycles. The van der Waals surface area contributed by atoms with Crippen molar-refractivity contribution in [2.45, 2.75) is 187 Å². The van der Waals surface area contributed by atoms with E-state index in [1.807, 2.05) is 22.7 Å². The van der Waals surface area contributed by atoms with E-state index in [0.717, 1.165) is 25.7 Å². The highest BCUT2D eigenvalue weighted by molar-refractivity contribution is 7.28. The maximum absolute atomic E-state index is 2.55. The van der Waals surface area contributed by atoms with Crippen LogP contribution >= 0.6 is 45.3 Å². The zero-order chi connectivity index (χ0) is 51.4. The summed E-state index contributed by atoms with van der Waals surface area (Å²) in [5.74, 6) is 0. The molecule has 2 aliphatic rings. The third-order valence-electron chi connectivity index (χ3n) is 17.5. The van der Waals surface area contributed by atoms with Crippen molar-refractivity contribution in [2.24, 2.45) is 0 Å². The van der Waals surface area contributed by atoms with Gasteiger partial charge in [-0.3, -0.25) is 0 Å². The Morgan fingerprint density at radius 2 is 0.720 bits per heavy atom. The van der Waals surface area contributed by atoms with E-state index in [2.05, 4.69) is 183 Å². The quantitative estimate of drug-likeness (QED) is 0.0474. The van der Waals surface area contributed by atoms with E-state index < -0.39 is 10.8 Å². The fourth-order valence-electron chi connectivity index (χ4n) is 13.7. The second-order valence-electron chi connectivity index (χ2n) is 22.4. The molecule has 0 saturated heterocycles. The molecule has 0 aliphatic heterocycles. The fraction of sp³-hybridized carbons (Fsp3) is 0.408. The maximum Gasteiger partial charge on any atom is 0.0736 e. The van der Waals surface area contributed by atoms with Crippen molar-refractivity contribution in [2.75, 3.05) is 0 Å². The topological polar surface area (TPSA) is 0 Å². The maximum atomic E-state index is 2.55. The number of thiophene rings is 4. The molecule has 0 spiro atoms. The first-order valence-corrected chi connectivity index (χ1v) is 32.9. The van der Waals surface area contributed by atoms with Gasteiger partial charge < -0.3 is 0 Å². The molecule has 4 heteroatoms. The number of rotatable bonds is 26. The minimum atomic E-state index is -0.423. The zero-order valence-electron chi connectivity index (χ0n) is 45.8. The van der Waals surface area contributed by atoms with Gasteiger partial charge in [0.2, 0.25) is 0 Å². The number of hydrogen-bond donors (Lipinski definition) is 0. The predicted octanol–water partition coefficient (Wildman–Crippen LogP) is 22.5. The van der Waals surface area contributed by atoms with Gasteiger partial charge in [-0.2, -0.15) is 0 Å². The number of aryl methyl sites for hydroxylation is 5. The molecule has 5 aromatic carbocycles. The monoisotopic (exact) mass is 1060 g/mol. The Labute approximate surface area is 466 Å². The molecule has 0 radical (unpaired) electrons. The molecule has 2 aliphatic carbocycles. The molecule has 11 rings (SSSR count). The van der Waals surface area contributed by atoms with E-state index in [1.165, 1.54) is 206 Å². The summed E-state index contributed by atoms with van der Waals surface area (Å²) in [5.41, 5.74) is 18.3. The third-order valence-corrected chi connectivity index (χ3v) is 22.2.